The fourth-order valence-electron chi connectivity index (χ4n) is 4.26. The topological polar surface area (TPSA) is 110 Å². The van der Waals surface area contributed by atoms with Gasteiger partial charge in [-0.15, -0.1) is 0 Å². The number of fused-ring (bicyclic) bond motifs is 1. The zero-order valence-electron chi connectivity index (χ0n) is 16.8. The van der Waals surface area contributed by atoms with E-state index in [1.165, 1.54) is 10.5 Å². The molecule has 1 N–H and O–H groups in total. The predicted octanol–water partition coefficient (Wildman–Crippen LogP) is 2.93. The number of nitriles is 2. The van der Waals surface area contributed by atoms with Crippen LogP contribution in [0.25, 0.3) is 5.52 Å². The molecular formula is C24H20N4O3. The average molecular weight is 412 g/mol. The van der Waals surface area contributed by atoms with E-state index in [4.69, 9.17) is 5.26 Å². The van der Waals surface area contributed by atoms with E-state index < -0.39 is 16.9 Å². The van der Waals surface area contributed by atoms with Gasteiger partial charge in [0.1, 0.15) is 5.56 Å². The van der Waals surface area contributed by atoms with Crippen molar-refractivity contribution in [3.8, 4) is 12.1 Å². The van der Waals surface area contributed by atoms with Crippen LogP contribution in [0.2, 0.25) is 0 Å². The van der Waals surface area contributed by atoms with Gasteiger partial charge in [0.05, 0.1) is 28.6 Å². The predicted molar refractivity (Wildman–Crippen MR) is 114 cm³/mol. The van der Waals surface area contributed by atoms with Crippen molar-refractivity contribution in [2.45, 2.75) is 24.8 Å². The van der Waals surface area contributed by atoms with Crippen LogP contribution in [-0.4, -0.2) is 33.5 Å². The third-order valence-electron chi connectivity index (χ3n) is 6.07. The van der Waals surface area contributed by atoms with Gasteiger partial charge in [-0.1, -0.05) is 18.2 Å². The SMILES string of the molecule is N#Cc1ccc(C2(C#N)CCN(Cc3cc(C(=O)O)c(=O)n4ccccc34)CC2)cc1. The molecular weight excluding hydrogens is 392 g/mol. The Hall–Kier alpha value is -3.94. The summed E-state index contributed by atoms with van der Waals surface area (Å²) in [6.07, 6.45) is 2.84. The first kappa shape index (κ1) is 20.3. The Labute approximate surface area is 179 Å². The number of rotatable bonds is 4. The first-order valence-corrected chi connectivity index (χ1v) is 9.98. The van der Waals surface area contributed by atoms with Crippen molar-refractivity contribution < 1.29 is 9.90 Å². The quantitative estimate of drug-likeness (QED) is 0.706. The second kappa shape index (κ2) is 8.06. The fraction of sp³-hybridized carbons (Fsp3) is 0.250. The van der Waals surface area contributed by atoms with Gasteiger partial charge in [0.2, 0.25) is 0 Å². The largest absolute Gasteiger partial charge is 0.477 e. The van der Waals surface area contributed by atoms with Gasteiger partial charge >= 0.3 is 5.97 Å². The first-order chi connectivity index (χ1) is 15.0. The van der Waals surface area contributed by atoms with Crippen molar-refractivity contribution in [1.29, 1.82) is 10.5 Å². The maximum atomic E-state index is 12.5. The van der Waals surface area contributed by atoms with Crippen molar-refractivity contribution in [3.63, 3.8) is 0 Å². The summed E-state index contributed by atoms with van der Waals surface area (Å²) in [6, 6.07) is 18.6. The molecule has 1 aliphatic rings. The van der Waals surface area contributed by atoms with Crippen LogP contribution >= 0.6 is 0 Å². The Morgan fingerprint density at radius 1 is 1.10 bits per heavy atom. The van der Waals surface area contributed by atoms with Crippen LogP contribution in [0.1, 0.15) is 39.9 Å². The summed E-state index contributed by atoms with van der Waals surface area (Å²) < 4.78 is 1.37. The van der Waals surface area contributed by atoms with Crippen molar-refractivity contribution in [3.05, 3.63) is 87.3 Å². The molecule has 1 aliphatic heterocycles. The standard InChI is InChI=1S/C24H20N4O3/c25-14-17-4-6-19(7-5-17)24(16-26)8-11-27(12-9-24)15-18-13-20(23(30)31)22(29)28-10-2-1-3-21(18)28/h1-7,10,13H,8-9,11-12,15H2,(H,30,31). The van der Waals surface area contributed by atoms with E-state index in [1.54, 1.807) is 24.4 Å². The van der Waals surface area contributed by atoms with E-state index in [2.05, 4.69) is 17.0 Å². The van der Waals surface area contributed by atoms with Gasteiger partial charge in [-0.2, -0.15) is 10.5 Å². The van der Waals surface area contributed by atoms with Gasteiger partial charge in [-0.25, -0.2) is 4.79 Å². The molecule has 1 fully saturated rings. The Bertz CT molecular complexity index is 1290. The van der Waals surface area contributed by atoms with Crippen LogP contribution in [0.4, 0.5) is 0 Å². The maximum Gasteiger partial charge on any atom is 0.341 e. The zero-order chi connectivity index (χ0) is 22.0. The highest BCUT2D eigenvalue weighted by atomic mass is 16.4. The molecule has 4 rings (SSSR count). The summed E-state index contributed by atoms with van der Waals surface area (Å²) in [5.74, 6) is -1.24. The average Bonchev–Trinajstić information content (AvgIpc) is 2.81. The number of hydrogen-bond donors (Lipinski definition) is 1. The third-order valence-corrected chi connectivity index (χ3v) is 6.07. The number of carbonyl (C=O) groups is 1. The number of carboxylic acids is 1. The lowest BCUT2D eigenvalue weighted by Crippen LogP contribution is -2.41. The molecule has 2 aromatic heterocycles. The minimum atomic E-state index is -1.24. The molecule has 0 spiro atoms. The molecule has 7 heteroatoms. The van der Waals surface area contributed by atoms with Gasteiger partial charge in [0, 0.05) is 25.8 Å². The highest BCUT2D eigenvalue weighted by Crippen LogP contribution is 2.35. The van der Waals surface area contributed by atoms with Crippen molar-refractivity contribution in [1.82, 2.24) is 9.30 Å². The third kappa shape index (κ3) is 3.68. The number of likely N-dealkylation sites (tertiary alicyclic amines) is 1. The monoisotopic (exact) mass is 412 g/mol. The van der Waals surface area contributed by atoms with E-state index in [-0.39, 0.29) is 5.56 Å². The number of benzene rings is 1. The Balaban J connectivity index is 1.59. The molecule has 31 heavy (non-hydrogen) atoms. The second-order valence-electron chi connectivity index (χ2n) is 7.81. The molecule has 3 heterocycles. The number of aromatic carboxylic acids is 1. The summed E-state index contributed by atoms with van der Waals surface area (Å²) in [5, 5.41) is 28.4. The summed E-state index contributed by atoms with van der Waals surface area (Å²) in [6.45, 7) is 1.81. The van der Waals surface area contributed by atoms with Gasteiger partial charge in [-0.05, 0) is 54.3 Å². The van der Waals surface area contributed by atoms with E-state index in [1.807, 2.05) is 24.3 Å². The lowest BCUT2D eigenvalue weighted by Gasteiger charge is -2.37. The Morgan fingerprint density at radius 2 is 1.81 bits per heavy atom. The minimum Gasteiger partial charge on any atom is -0.477 e. The molecule has 1 saturated heterocycles. The van der Waals surface area contributed by atoms with Crippen molar-refractivity contribution >= 4 is 11.5 Å². The first-order valence-electron chi connectivity index (χ1n) is 9.98. The fourth-order valence-corrected chi connectivity index (χ4v) is 4.26. The second-order valence-corrected chi connectivity index (χ2v) is 7.81. The molecule has 0 amide bonds. The van der Waals surface area contributed by atoms with E-state index in [9.17, 15) is 20.0 Å². The van der Waals surface area contributed by atoms with Crippen LogP contribution in [0, 0.1) is 22.7 Å². The van der Waals surface area contributed by atoms with Crippen molar-refractivity contribution in [2.75, 3.05) is 13.1 Å². The maximum absolute atomic E-state index is 12.5. The summed E-state index contributed by atoms with van der Waals surface area (Å²) in [5.41, 5.74) is 1.52. The molecule has 7 nitrogen and oxygen atoms in total. The number of nitrogens with zero attached hydrogens (tertiary/aromatic N) is 4. The highest BCUT2D eigenvalue weighted by molar-refractivity contribution is 5.88. The van der Waals surface area contributed by atoms with Crippen LogP contribution in [0.15, 0.2) is 59.5 Å². The van der Waals surface area contributed by atoms with Gasteiger partial charge in [0.25, 0.3) is 5.56 Å². The molecule has 3 aromatic rings. The highest BCUT2D eigenvalue weighted by Gasteiger charge is 2.36. The Kier molecular flexibility index (Phi) is 5.29. The molecule has 0 radical (unpaired) electrons. The number of piperidine rings is 1. The summed E-state index contributed by atoms with van der Waals surface area (Å²) >= 11 is 0. The molecule has 0 aliphatic carbocycles. The summed E-state index contributed by atoms with van der Waals surface area (Å²) in [4.78, 5) is 26.2. The summed E-state index contributed by atoms with van der Waals surface area (Å²) in [7, 11) is 0. The lowest BCUT2D eigenvalue weighted by molar-refractivity contribution is 0.0694. The lowest BCUT2D eigenvalue weighted by atomic mass is 9.74. The molecule has 0 saturated carbocycles. The number of pyridine rings is 2. The molecule has 1 aromatic carbocycles. The van der Waals surface area contributed by atoms with E-state index in [0.717, 1.165) is 11.1 Å². The van der Waals surface area contributed by atoms with E-state index >= 15 is 0 Å². The number of carboxylic acid groups (broad SMARTS) is 1. The molecule has 0 atom stereocenters. The van der Waals surface area contributed by atoms with Gasteiger partial charge < -0.3 is 5.11 Å². The van der Waals surface area contributed by atoms with Crippen LogP contribution in [-0.2, 0) is 12.0 Å². The van der Waals surface area contributed by atoms with Gasteiger partial charge in [-0.3, -0.25) is 14.1 Å². The van der Waals surface area contributed by atoms with Crippen molar-refractivity contribution in [2.24, 2.45) is 0 Å². The van der Waals surface area contributed by atoms with Crippen LogP contribution < -0.4 is 5.56 Å². The molecule has 0 bridgehead atoms. The van der Waals surface area contributed by atoms with Crippen LogP contribution in [0.3, 0.4) is 0 Å². The number of aromatic nitrogens is 1. The van der Waals surface area contributed by atoms with Gasteiger partial charge in [0.15, 0.2) is 0 Å². The smallest absolute Gasteiger partial charge is 0.341 e. The number of hydrogen-bond acceptors (Lipinski definition) is 5. The normalized spacial score (nSPS) is 15.8. The minimum absolute atomic E-state index is 0.250. The Morgan fingerprint density at radius 3 is 2.42 bits per heavy atom. The van der Waals surface area contributed by atoms with E-state index in [0.29, 0.717) is 43.6 Å². The molecule has 154 valence electrons. The zero-order valence-corrected chi connectivity index (χ0v) is 16.8. The van der Waals surface area contributed by atoms with Crippen LogP contribution in [0.5, 0.6) is 0 Å². The molecule has 0 unspecified atom stereocenters.